The molecule has 2 bridgehead atoms. The zero-order chi connectivity index (χ0) is 23.4. The Balaban J connectivity index is 0.000000821. The van der Waals surface area contributed by atoms with E-state index in [0.717, 1.165) is 63.3 Å². The Morgan fingerprint density at radius 2 is 1.88 bits per heavy atom. The third-order valence-corrected chi connectivity index (χ3v) is 7.39. The number of rotatable bonds is 5. The highest BCUT2D eigenvalue weighted by molar-refractivity contribution is 5.89. The van der Waals surface area contributed by atoms with Crippen LogP contribution in [0.25, 0.3) is 0 Å². The standard InChI is InChI=1S/C24H33N3O3.CH2O2/c1-2-6-19-9-10-20(30-19)16-25-14-17-13-18(15-25)23(24(29)26-11-3-4-12-26)27-21(17)7-5-8-22(27)28;2-1-3/h3-4,9-10,17-18,21,23H,2,5-8,11-16H2,1H3;1H,(H,2,3)/t17-,18+,21+,23-;/m1./s1. The Morgan fingerprint density at radius 3 is 2.61 bits per heavy atom. The highest BCUT2D eigenvalue weighted by Gasteiger charge is 2.52. The van der Waals surface area contributed by atoms with Crippen LogP contribution >= 0.6 is 0 Å². The Kier molecular flexibility index (Phi) is 7.53. The van der Waals surface area contributed by atoms with Gasteiger partial charge in [-0.1, -0.05) is 19.1 Å². The van der Waals surface area contributed by atoms with Crippen LogP contribution < -0.4 is 0 Å². The van der Waals surface area contributed by atoms with Gasteiger partial charge >= 0.3 is 0 Å². The van der Waals surface area contributed by atoms with Crippen molar-refractivity contribution in [1.29, 1.82) is 0 Å². The maximum atomic E-state index is 13.5. The van der Waals surface area contributed by atoms with E-state index in [-0.39, 0.29) is 36.3 Å². The highest BCUT2D eigenvalue weighted by Crippen LogP contribution is 2.42. The van der Waals surface area contributed by atoms with Crippen LogP contribution in [0, 0.1) is 11.8 Å². The molecule has 8 heteroatoms. The SMILES string of the molecule is CCCc1ccc(CN2C[C@H]3C[C@@H](C2)[C@H](C(=O)N2CC=CC2)N2C(=O)CCC[C@@H]32)o1.O=CO. The quantitative estimate of drug-likeness (QED) is 0.539. The molecule has 0 unspecified atom stereocenters. The number of piperidine rings is 3. The van der Waals surface area contributed by atoms with Gasteiger partial charge in [-0.2, -0.15) is 0 Å². The molecule has 3 fully saturated rings. The second-order valence-corrected chi connectivity index (χ2v) is 9.59. The van der Waals surface area contributed by atoms with Crippen LogP contribution in [0.5, 0.6) is 0 Å². The first-order valence-corrected chi connectivity index (χ1v) is 12.2. The molecule has 4 atom stereocenters. The molecule has 0 spiro atoms. The van der Waals surface area contributed by atoms with E-state index < -0.39 is 0 Å². The molecule has 5 heterocycles. The smallest absolute Gasteiger partial charge is 0.290 e. The first-order valence-electron chi connectivity index (χ1n) is 12.2. The fraction of sp³-hybridized carbons (Fsp3) is 0.640. The molecule has 2 amide bonds. The molecule has 33 heavy (non-hydrogen) atoms. The third kappa shape index (κ3) is 5.00. The summed E-state index contributed by atoms with van der Waals surface area (Å²) in [4.78, 5) is 41.2. The average molecular weight is 458 g/mol. The molecule has 4 aliphatic heterocycles. The summed E-state index contributed by atoms with van der Waals surface area (Å²) in [6.07, 6.45) is 9.79. The number of aryl methyl sites for hydroxylation is 1. The van der Waals surface area contributed by atoms with Gasteiger partial charge in [-0.3, -0.25) is 19.3 Å². The van der Waals surface area contributed by atoms with Crippen molar-refractivity contribution in [2.75, 3.05) is 26.2 Å². The predicted molar refractivity (Wildman–Crippen MR) is 122 cm³/mol. The van der Waals surface area contributed by atoms with Crippen LogP contribution in [-0.4, -0.2) is 76.4 Å². The Labute approximate surface area is 195 Å². The summed E-state index contributed by atoms with van der Waals surface area (Å²) in [7, 11) is 0. The molecule has 0 saturated carbocycles. The van der Waals surface area contributed by atoms with Crippen molar-refractivity contribution in [2.24, 2.45) is 11.8 Å². The van der Waals surface area contributed by atoms with Gasteiger partial charge in [0.05, 0.1) is 6.54 Å². The van der Waals surface area contributed by atoms with Crippen molar-refractivity contribution >= 4 is 18.3 Å². The molecule has 0 aromatic carbocycles. The topological polar surface area (TPSA) is 94.3 Å². The van der Waals surface area contributed by atoms with Gasteiger partial charge in [-0.25, -0.2) is 0 Å². The summed E-state index contributed by atoms with van der Waals surface area (Å²) >= 11 is 0. The molecule has 1 aromatic rings. The summed E-state index contributed by atoms with van der Waals surface area (Å²) in [5.74, 6) is 3.08. The van der Waals surface area contributed by atoms with E-state index in [9.17, 15) is 9.59 Å². The molecule has 5 rings (SSSR count). The van der Waals surface area contributed by atoms with Gasteiger partial charge in [-0.05, 0) is 43.7 Å². The number of amides is 2. The monoisotopic (exact) mass is 457 g/mol. The minimum absolute atomic E-state index is 0.147. The lowest BCUT2D eigenvalue weighted by molar-refractivity contribution is -0.164. The Hall–Kier alpha value is -2.61. The van der Waals surface area contributed by atoms with Crippen molar-refractivity contribution in [3.05, 3.63) is 35.8 Å². The summed E-state index contributed by atoms with van der Waals surface area (Å²) < 4.78 is 6.04. The van der Waals surface area contributed by atoms with Crippen molar-refractivity contribution in [2.45, 2.75) is 64.1 Å². The average Bonchev–Trinajstić information content (AvgIpc) is 3.48. The fourth-order valence-electron chi connectivity index (χ4n) is 6.15. The number of carboxylic acid groups (broad SMARTS) is 1. The van der Waals surface area contributed by atoms with E-state index in [2.05, 4.69) is 36.1 Å². The fourth-order valence-corrected chi connectivity index (χ4v) is 6.15. The largest absolute Gasteiger partial charge is 0.483 e. The number of hydrogen-bond acceptors (Lipinski definition) is 5. The summed E-state index contributed by atoms with van der Waals surface area (Å²) in [6, 6.07) is 4.11. The van der Waals surface area contributed by atoms with Gasteiger partial charge in [0, 0.05) is 51.0 Å². The highest BCUT2D eigenvalue weighted by atomic mass is 16.3. The van der Waals surface area contributed by atoms with Crippen LogP contribution in [0.15, 0.2) is 28.7 Å². The van der Waals surface area contributed by atoms with Crippen LogP contribution in [0.4, 0.5) is 0 Å². The minimum Gasteiger partial charge on any atom is -0.483 e. The molecular formula is C25H35N3O5. The number of fused-ring (bicyclic) bond motifs is 4. The lowest BCUT2D eigenvalue weighted by atomic mass is 9.71. The van der Waals surface area contributed by atoms with Crippen molar-refractivity contribution < 1.29 is 23.9 Å². The number of carbonyl (C=O) groups is 3. The molecule has 1 N–H and O–H groups in total. The molecule has 4 aliphatic rings. The van der Waals surface area contributed by atoms with E-state index >= 15 is 0 Å². The number of hydrogen-bond donors (Lipinski definition) is 1. The van der Waals surface area contributed by atoms with Crippen LogP contribution in [-0.2, 0) is 27.3 Å². The van der Waals surface area contributed by atoms with Gasteiger partial charge < -0.3 is 19.3 Å². The van der Waals surface area contributed by atoms with Crippen molar-refractivity contribution in [3.8, 4) is 0 Å². The van der Waals surface area contributed by atoms with Gasteiger partial charge in [-0.15, -0.1) is 0 Å². The zero-order valence-corrected chi connectivity index (χ0v) is 19.4. The predicted octanol–water partition coefficient (Wildman–Crippen LogP) is 2.53. The molecule has 0 aliphatic carbocycles. The van der Waals surface area contributed by atoms with E-state index in [0.29, 0.717) is 25.4 Å². The van der Waals surface area contributed by atoms with E-state index in [4.69, 9.17) is 14.3 Å². The summed E-state index contributed by atoms with van der Waals surface area (Å²) in [5.41, 5.74) is 0. The molecule has 1 aromatic heterocycles. The van der Waals surface area contributed by atoms with E-state index in [1.807, 2.05) is 9.80 Å². The molecular weight excluding hydrogens is 422 g/mol. The van der Waals surface area contributed by atoms with Crippen LogP contribution in [0.2, 0.25) is 0 Å². The summed E-state index contributed by atoms with van der Waals surface area (Å²) in [5, 5.41) is 6.89. The van der Waals surface area contributed by atoms with Crippen LogP contribution in [0.1, 0.15) is 50.5 Å². The second kappa shape index (κ2) is 10.5. The first-order chi connectivity index (χ1) is 16.0. The van der Waals surface area contributed by atoms with E-state index in [1.165, 1.54) is 0 Å². The van der Waals surface area contributed by atoms with Gasteiger partial charge in [0.15, 0.2) is 0 Å². The number of carbonyl (C=O) groups excluding carboxylic acids is 2. The Morgan fingerprint density at radius 1 is 1.18 bits per heavy atom. The Bertz CT molecular complexity index is 873. The molecule has 8 nitrogen and oxygen atoms in total. The first kappa shape index (κ1) is 23.5. The van der Waals surface area contributed by atoms with Gasteiger partial charge in [0.25, 0.3) is 6.47 Å². The summed E-state index contributed by atoms with van der Waals surface area (Å²) in [6.45, 7) is 5.90. The number of likely N-dealkylation sites (tertiary alicyclic amines) is 1. The minimum atomic E-state index is -0.297. The van der Waals surface area contributed by atoms with Crippen molar-refractivity contribution in [1.82, 2.24) is 14.7 Å². The maximum absolute atomic E-state index is 13.5. The third-order valence-electron chi connectivity index (χ3n) is 7.39. The molecule has 180 valence electrons. The molecule has 3 saturated heterocycles. The van der Waals surface area contributed by atoms with Gasteiger partial charge in [0.2, 0.25) is 11.8 Å². The maximum Gasteiger partial charge on any atom is 0.290 e. The van der Waals surface area contributed by atoms with Crippen molar-refractivity contribution in [3.63, 3.8) is 0 Å². The van der Waals surface area contributed by atoms with Crippen LogP contribution in [0.3, 0.4) is 0 Å². The second-order valence-electron chi connectivity index (χ2n) is 9.59. The normalized spacial score (nSPS) is 28.8. The molecule has 0 radical (unpaired) electrons. The lowest BCUT2D eigenvalue weighted by Gasteiger charge is -2.56. The zero-order valence-electron chi connectivity index (χ0n) is 19.4. The van der Waals surface area contributed by atoms with E-state index in [1.54, 1.807) is 0 Å². The lowest BCUT2D eigenvalue weighted by Crippen LogP contribution is -2.68. The van der Waals surface area contributed by atoms with Gasteiger partial charge in [0.1, 0.15) is 17.6 Å². The number of furan rings is 1. The number of nitrogens with zero attached hydrogens (tertiary/aromatic N) is 3.